The molecule has 0 spiro atoms. The Morgan fingerprint density at radius 3 is 0.855 bits per heavy atom. The van der Waals surface area contributed by atoms with E-state index in [0.717, 1.165) is 116 Å². The summed E-state index contributed by atoms with van der Waals surface area (Å²) in [4.78, 5) is 24.6. The monoisotopic (exact) mass is 1050 g/mol. The van der Waals surface area contributed by atoms with Crippen molar-refractivity contribution in [3.05, 3.63) is 134 Å². The Labute approximate surface area is 470 Å². The van der Waals surface area contributed by atoms with E-state index in [-0.39, 0.29) is 25.2 Å². The molecule has 0 amide bonds. The quantitative estimate of drug-likeness (QED) is 0.0373. The van der Waals surface area contributed by atoms with Crippen LogP contribution in [0.1, 0.15) is 284 Å². The highest BCUT2D eigenvalue weighted by Crippen LogP contribution is 2.16. The summed E-state index contributed by atoms with van der Waals surface area (Å²) in [5, 5.41) is 9.68. The molecule has 0 fully saturated rings. The van der Waals surface area contributed by atoms with Crippen molar-refractivity contribution >= 4 is 11.9 Å². The molecule has 0 heterocycles. The maximum atomic E-state index is 12.3. The van der Waals surface area contributed by atoms with Crippen LogP contribution < -0.4 is 0 Å². The van der Waals surface area contributed by atoms with Crippen LogP contribution in [0, 0.1) is 0 Å². The smallest absolute Gasteiger partial charge is 0.306 e. The van der Waals surface area contributed by atoms with Crippen molar-refractivity contribution in [1.82, 2.24) is 0 Å². The third kappa shape index (κ3) is 62.6. The molecule has 0 aromatic carbocycles. The summed E-state index contributed by atoms with van der Waals surface area (Å²) in [5.74, 6) is -0.621. The highest BCUT2D eigenvalue weighted by atomic mass is 16.6. The number of unbranched alkanes of at least 4 members (excludes halogenated alkanes) is 27. The molecular formula is C71H118O5. The van der Waals surface area contributed by atoms with Crippen LogP contribution in [-0.4, -0.2) is 36.4 Å². The lowest BCUT2D eigenvalue weighted by atomic mass is 10.0. The van der Waals surface area contributed by atoms with Gasteiger partial charge >= 0.3 is 11.9 Å². The molecule has 0 saturated heterocycles. The zero-order valence-electron chi connectivity index (χ0n) is 49.5. The van der Waals surface area contributed by atoms with E-state index in [2.05, 4.69) is 148 Å². The molecule has 1 N–H and O–H groups in total. The first-order valence-corrected chi connectivity index (χ1v) is 31.7. The molecule has 1 unspecified atom stereocenters. The summed E-state index contributed by atoms with van der Waals surface area (Å²) in [6.07, 6.45) is 97.3. The van der Waals surface area contributed by atoms with Crippen LogP contribution in [-0.2, 0) is 19.1 Å². The molecule has 0 bridgehead atoms. The number of hydrogen-bond donors (Lipinski definition) is 1. The van der Waals surface area contributed by atoms with Crippen LogP contribution >= 0.6 is 0 Å². The van der Waals surface area contributed by atoms with Crippen molar-refractivity contribution in [2.45, 2.75) is 290 Å². The first-order chi connectivity index (χ1) is 37.6. The second-order valence-corrected chi connectivity index (χ2v) is 20.8. The second kappa shape index (κ2) is 65.3. The number of rotatable bonds is 57. The maximum absolute atomic E-state index is 12.3. The van der Waals surface area contributed by atoms with E-state index in [4.69, 9.17) is 9.47 Å². The predicted octanol–water partition coefficient (Wildman–Crippen LogP) is 22.0. The minimum Gasteiger partial charge on any atom is -0.462 e. The van der Waals surface area contributed by atoms with Gasteiger partial charge in [0.2, 0.25) is 0 Å². The Morgan fingerprint density at radius 1 is 0.316 bits per heavy atom. The van der Waals surface area contributed by atoms with Crippen LogP contribution in [0.2, 0.25) is 0 Å². The largest absolute Gasteiger partial charge is 0.462 e. The number of esters is 2. The normalized spacial score (nSPS) is 13.1. The Bertz CT molecular complexity index is 1570. The van der Waals surface area contributed by atoms with Gasteiger partial charge in [-0.2, -0.15) is 0 Å². The molecule has 5 nitrogen and oxygen atoms in total. The first kappa shape index (κ1) is 72.0. The third-order valence-corrected chi connectivity index (χ3v) is 13.4. The number of aliphatic hydroxyl groups is 1. The van der Waals surface area contributed by atoms with Crippen molar-refractivity contribution in [2.24, 2.45) is 0 Å². The van der Waals surface area contributed by atoms with Crippen molar-refractivity contribution in [2.75, 3.05) is 13.2 Å². The molecule has 1 atom stereocenters. The average Bonchev–Trinajstić information content (AvgIpc) is 3.42. The molecule has 76 heavy (non-hydrogen) atoms. The molecular weight excluding hydrogens is 933 g/mol. The van der Waals surface area contributed by atoms with E-state index in [9.17, 15) is 14.7 Å². The van der Waals surface area contributed by atoms with E-state index >= 15 is 0 Å². The first-order valence-electron chi connectivity index (χ1n) is 31.7. The van der Waals surface area contributed by atoms with Gasteiger partial charge in [-0.3, -0.25) is 9.59 Å². The van der Waals surface area contributed by atoms with E-state index in [1.165, 1.54) is 141 Å². The molecule has 5 heteroatoms. The molecule has 0 saturated carbocycles. The summed E-state index contributed by atoms with van der Waals surface area (Å²) in [5.41, 5.74) is 0. The summed E-state index contributed by atoms with van der Waals surface area (Å²) >= 11 is 0. The van der Waals surface area contributed by atoms with Crippen LogP contribution in [0.4, 0.5) is 0 Å². The van der Waals surface area contributed by atoms with Crippen LogP contribution in [0.3, 0.4) is 0 Å². The Morgan fingerprint density at radius 2 is 0.566 bits per heavy atom. The number of aliphatic hydroxyl groups excluding tert-OH is 1. The van der Waals surface area contributed by atoms with Gasteiger partial charge < -0.3 is 14.6 Å². The van der Waals surface area contributed by atoms with Crippen molar-refractivity contribution < 1.29 is 24.2 Å². The lowest BCUT2D eigenvalue weighted by Gasteiger charge is -2.15. The summed E-state index contributed by atoms with van der Waals surface area (Å²) < 4.78 is 10.7. The van der Waals surface area contributed by atoms with Crippen molar-refractivity contribution in [3.8, 4) is 0 Å². The zero-order chi connectivity index (χ0) is 54.8. The predicted molar refractivity (Wildman–Crippen MR) is 334 cm³/mol. The van der Waals surface area contributed by atoms with Crippen LogP contribution in [0.15, 0.2) is 134 Å². The number of ether oxygens (including phenoxy) is 2. The molecule has 0 aromatic heterocycles. The lowest BCUT2D eigenvalue weighted by Crippen LogP contribution is -2.28. The van der Waals surface area contributed by atoms with Crippen molar-refractivity contribution in [3.63, 3.8) is 0 Å². The fourth-order valence-electron chi connectivity index (χ4n) is 8.70. The number of allylic oxidation sites excluding steroid dienone is 22. The van der Waals surface area contributed by atoms with Gasteiger partial charge in [0.05, 0.1) is 6.61 Å². The Balaban J connectivity index is 3.55. The van der Waals surface area contributed by atoms with Gasteiger partial charge in [0.15, 0.2) is 6.10 Å². The lowest BCUT2D eigenvalue weighted by molar-refractivity contribution is -0.161. The molecule has 0 aliphatic rings. The Hall–Kier alpha value is -3.96. The molecule has 0 rings (SSSR count). The van der Waals surface area contributed by atoms with Crippen molar-refractivity contribution in [1.29, 1.82) is 0 Å². The fourth-order valence-corrected chi connectivity index (χ4v) is 8.70. The summed E-state index contributed by atoms with van der Waals surface area (Å²) in [6.45, 7) is 4.01. The van der Waals surface area contributed by atoms with Gasteiger partial charge in [0, 0.05) is 12.8 Å². The fraction of sp³-hybridized carbons (Fsp3) is 0.662. The zero-order valence-corrected chi connectivity index (χ0v) is 49.5. The van der Waals surface area contributed by atoms with Crippen LogP contribution in [0.5, 0.6) is 0 Å². The standard InChI is InChI=1S/C71H118O5/c1-3-5-7-9-11-13-15-17-19-21-23-25-27-29-31-33-34-35-36-38-39-41-43-45-47-49-51-53-55-57-59-61-63-65-70(73)75-68-69(67-72)76-71(74)66-64-62-60-58-56-54-52-50-48-46-44-42-40-37-32-30-28-26-24-22-20-18-16-14-12-10-8-6-4-2/h6,8,12,14-15,17-18,20-21,23-24,26-27,29-30,32,40,42,46,48,52,54,69,72H,3-5,7,9-11,13,16,19,22,25,28,31,33-39,41,43-45,47,49-51,53,55-68H2,1-2H3/b8-6-,14-12-,17-15-,20-18-,23-21-,26-24-,29-27-,32-30-,42-40-,48-46-,54-52-. The molecule has 0 radical (unpaired) electrons. The minimum absolute atomic E-state index is 0.0827. The van der Waals surface area contributed by atoms with Gasteiger partial charge in [-0.15, -0.1) is 0 Å². The van der Waals surface area contributed by atoms with Gasteiger partial charge in [-0.1, -0.05) is 289 Å². The van der Waals surface area contributed by atoms with E-state index < -0.39 is 6.10 Å². The molecule has 0 aromatic rings. The van der Waals surface area contributed by atoms with E-state index in [0.29, 0.717) is 12.8 Å². The third-order valence-electron chi connectivity index (χ3n) is 13.4. The topological polar surface area (TPSA) is 72.8 Å². The Kier molecular flexibility index (Phi) is 61.9. The SMILES string of the molecule is CC/C=C\C/C=C\C/C=C\C/C=C\C/C=C\C/C=C\C/C=C\C/C=C\CCCCCCC(=O)OC(CO)COC(=O)CCCCCCCCCCCCCCCCCCCC/C=C\C/C=C\C/C=C\CCCCCCC. The van der Waals surface area contributed by atoms with Crippen LogP contribution in [0.25, 0.3) is 0 Å². The molecule has 0 aliphatic carbocycles. The maximum Gasteiger partial charge on any atom is 0.306 e. The number of carbonyl (C=O) groups excluding carboxylic acids is 2. The second-order valence-electron chi connectivity index (χ2n) is 20.8. The van der Waals surface area contributed by atoms with E-state index in [1.54, 1.807) is 0 Å². The molecule has 432 valence electrons. The number of hydrogen-bond acceptors (Lipinski definition) is 5. The summed E-state index contributed by atoms with van der Waals surface area (Å²) in [7, 11) is 0. The van der Waals surface area contributed by atoms with E-state index in [1.807, 2.05) is 0 Å². The molecule has 0 aliphatic heterocycles. The highest BCUT2D eigenvalue weighted by Gasteiger charge is 2.16. The van der Waals surface area contributed by atoms with Gasteiger partial charge in [-0.25, -0.2) is 0 Å². The van der Waals surface area contributed by atoms with Gasteiger partial charge in [0.1, 0.15) is 6.61 Å². The number of carbonyl (C=O) groups is 2. The highest BCUT2D eigenvalue weighted by molar-refractivity contribution is 5.70. The minimum atomic E-state index is -0.796. The van der Waals surface area contributed by atoms with Gasteiger partial charge in [-0.05, 0) is 116 Å². The average molecular weight is 1050 g/mol. The summed E-state index contributed by atoms with van der Waals surface area (Å²) in [6, 6.07) is 0. The van der Waals surface area contributed by atoms with Gasteiger partial charge in [0.25, 0.3) is 0 Å².